The lowest BCUT2D eigenvalue weighted by Crippen LogP contribution is -2.38. The van der Waals surface area contributed by atoms with Crippen LogP contribution in [0.4, 0.5) is 5.69 Å². The fourth-order valence-corrected chi connectivity index (χ4v) is 3.76. The molecule has 0 bridgehead atoms. The number of rotatable bonds is 4. The normalized spacial score (nSPS) is 15.2. The van der Waals surface area contributed by atoms with Gasteiger partial charge in [-0.05, 0) is 37.2 Å². The zero-order valence-corrected chi connectivity index (χ0v) is 15.6. The monoisotopic (exact) mass is 382 g/mol. The molecule has 24 heavy (non-hydrogen) atoms. The van der Waals surface area contributed by atoms with Crippen LogP contribution in [0.25, 0.3) is 0 Å². The molecule has 1 heterocycles. The van der Waals surface area contributed by atoms with E-state index in [1.165, 1.54) is 32.1 Å². The lowest BCUT2D eigenvalue weighted by atomic mass is 9.96. The Morgan fingerprint density at radius 1 is 1.21 bits per heavy atom. The Balaban J connectivity index is 1.58. The number of thiocarbonyl (C=S) groups is 1. The summed E-state index contributed by atoms with van der Waals surface area (Å²) in [6.07, 6.45) is 9.90. The smallest absolute Gasteiger partial charge is 0.171 e. The highest BCUT2D eigenvalue weighted by molar-refractivity contribution is 7.80. The van der Waals surface area contributed by atoms with E-state index in [4.69, 9.17) is 35.4 Å². The van der Waals surface area contributed by atoms with Crippen LogP contribution in [0.1, 0.15) is 37.7 Å². The molecule has 1 aliphatic rings. The first-order valence-corrected chi connectivity index (χ1v) is 9.31. The van der Waals surface area contributed by atoms with Crippen molar-refractivity contribution in [3.63, 3.8) is 0 Å². The molecule has 0 aliphatic heterocycles. The van der Waals surface area contributed by atoms with Gasteiger partial charge in [-0.25, -0.2) is 0 Å². The third kappa shape index (κ3) is 4.62. The van der Waals surface area contributed by atoms with E-state index in [1.807, 2.05) is 24.4 Å². The second kappa shape index (κ2) is 8.19. The number of nitrogens with zero attached hydrogens (tertiary/aromatic N) is 2. The second-order valence-corrected chi connectivity index (χ2v) is 7.28. The number of anilines is 1. The quantitative estimate of drug-likeness (QED) is 0.740. The average Bonchev–Trinajstić information content (AvgIpc) is 2.99. The molecular weight excluding hydrogens is 363 g/mol. The largest absolute Gasteiger partial charge is 0.360 e. The van der Waals surface area contributed by atoms with Crippen LogP contribution >= 0.6 is 35.4 Å². The zero-order chi connectivity index (χ0) is 16.9. The summed E-state index contributed by atoms with van der Waals surface area (Å²) in [4.78, 5) is 0. The van der Waals surface area contributed by atoms with Crippen molar-refractivity contribution in [3.8, 4) is 0 Å². The van der Waals surface area contributed by atoms with Crippen molar-refractivity contribution >= 4 is 46.2 Å². The predicted octanol–water partition coefficient (Wildman–Crippen LogP) is 4.86. The van der Waals surface area contributed by atoms with Gasteiger partial charge in [-0.2, -0.15) is 5.10 Å². The topological polar surface area (TPSA) is 41.9 Å². The first-order valence-electron chi connectivity index (χ1n) is 8.14. The third-order valence-corrected chi connectivity index (χ3v) is 5.14. The summed E-state index contributed by atoms with van der Waals surface area (Å²) in [5.41, 5.74) is 1.71. The molecule has 7 heteroatoms. The Morgan fingerprint density at radius 2 is 1.92 bits per heavy atom. The van der Waals surface area contributed by atoms with Crippen molar-refractivity contribution in [1.29, 1.82) is 0 Å². The first kappa shape index (κ1) is 17.5. The molecule has 4 nitrogen and oxygen atoms in total. The van der Waals surface area contributed by atoms with Crippen molar-refractivity contribution in [2.75, 3.05) is 5.32 Å². The van der Waals surface area contributed by atoms with E-state index in [9.17, 15) is 0 Å². The number of halogens is 2. The van der Waals surface area contributed by atoms with Crippen LogP contribution in [0.15, 0.2) is 30.6 Å². The molecule has 0 saturated heterocycles. The minimum atomic E-state index is 0.482. The maximum atomic E-state index is 6.21. The molecule has 1 aromatic heterocycles. The Morgan fingerprint density at radius 3 is 2.62 bits per heavy atom. The Labute approximate surface area is 157 Å². The predicted molar refractivity (Wildman–Crippen MR) is 104 cm³/mol. The minimum absolute atomic E-state index is 0.482. The van der Waals surface area contributed by atoms with Gasteiger partial charge in [0.2, 0.25) is 0 Å². The molecule has 0 atom stereocenters. The molecule has 1 aliphatic carbocycles. The molecular formula is C17H20Cl2N4S. The van der Waals surface area contributed by atoms with Gasteiger partial charge in [0.1, 0.15) is 0 Å². The summed E-state index contributed by atoms with van der Waals surface area (Å²) < 4.78 is 1.79. The molecule has 2 N–H and O–H groups in total. The van der Waals surface area contributed by atoms with Crippen molar-refractivity contribution in [2.24, 2.45) is 0 Å². The van der Waals surface area contributed by atoms with Gasteiger partial charge < -0.3 is 10.6 Å². The number of aromatic nitrogens is 2. The van der Waals surface area contributed by atoms with Crippen LogP contribution in [-0.2, 0) is 6.54 Å². The van der Waals surface area contributed by atoms with Gasteiger partial charge in [-0.1, -0.05) is 48.5 Å². The molecule has 128 valence electrons. The number of nitrogens with one attached hydrogen (secondary N) is 2. The van der Waals surface area contributed by atoms with Crippen LogP contribution in [0.3, 0.4) is 0 Å². The molecule has 2 aromatic rings. The Bertz CT molecular complexity index is 690. The minimum Gasteiger partial charge on any atom is -0.360 e. The molecule has 0 spiro atoms. The molecule has 3 rings (SSSR count). The Hall–Kier alpha value is -1.30. The van der Waals surface area contributed by atoms with E-state index in [0.29, 0.717) is 27.7 Å². The third-order valence-electron chi connectivity index (χ3n) is 4.21. The van der Waals surface area contributed by atoms with E-state index in [2.05, 4.69) is 15.7 Å². The molecule has 1 fully saturated rings. The van der Waals surface area contributed by atoms with E-state index in [-0.39, 0.29) is 0 Å². The standard InChI is InChI=1S/C17H20Cl2N4S/c18-15-7-4-8-16(19)14(15)11-23-10-13(9-20-23)22-17(24)21-12-5-2-1-3-6-12/h4,7-10,12H,1-3,5-6,11H2,(H2,21,22,24). The highest BCUT2D eigenvalue weighted by atomic mass is 35.5. The summed E-state index contributed by atoms with van der Waals surface area (Å²) in [5.74, 6) is 0. The van der Waals surface area contributed by atoms with Crippen LogP contribution < -0.4 is 10.6 Å². The van der Waals surface area contributed by atoms with Crippen LogP contribution in [0.2, 0.25) is 10.0 Å². The van der Waals surface area contributed by atoms with Crippen LogP contribution in [-0.4, -0.2) is 20.9 Å². The lowest BCUT2D eigenvalue weighted by molar-refractivity contribution is 0.415. The molecule has 0 radical (unpaired) electrons. The fraction of sp³-hybridized carbons (Fsp3) is 0.412. The second-order valence-electron chi connectivity index (χ2n) is 6.06. The van der Waals surface area contributed by atoms with E-state index in [0.717, 1.165) is 11.3 Å². The molecule has 1 saturated carbocycles. The number of hydrogen-bond donors (Lipinski definition) is 2. The Kier molecular flexibility index (Phi) is 5.98. The van der Waals surface area contributed by atoms with E-state index >= 15 is 0 Å². The van der Waals surface area contributed by atoms with Gasteiger partial charge >= 0.3 is 0 Å². The van der Waals surface area contributed by atoms with Crippen LogP contribution in [0, 0.1) is 0 Å². The van der Waals surface area contributed by atoms with Gasteiger partial charge in [-0.3, -0.25) is 4.68 Å². The maximum Gasteiger partial charge on any atom is 0.171 e. The van der Waals surface area contributed by atoms with Crippen molar-refractivity contribution in [1.82, 2.24) is 15.1 Å². The van der Waals surface area contributed by atoms with Gasteiger partial charge in [-0.15, -0.1) is 0 Å². The molecule has 0 unspecified atom stereocenters. The zero-order valence-electron chi connectivity index (χ0n) is 13.3. The van der Waals surface area contributed by atoms with Gasteiger partial charge in [0, 0.05) is 27.8 Å². The highest BCUT2D eigenvalue weighted by Crippen LogP contribution is 2.25. The fourth-order valence-electron chi connectivity index (χ4n) is 2.96. The summed E-state index contributed by atoms with van der Waals surface area (Å²) in [6, 6.07) is 5.97. The van der Waals surface area contributed by atoms with Gasteiger partial charge in [0.25, 0.3) is 0 Å². The summed E-state index contributed by atoms with van der Waals surface area (Å²) in [6.45, 7) is 0.517. The van der Waals surface area contributed by atoms with Crippen molar-refractivity contribution in [3.05, 3.63) is 46.2 Å². The van der Waals surface area contributed by atoms with Gasteiger partial charge in [0.05, 0.1) is 18.4 Å². The summed E-state index contributed by atoms with van der Waals surface area (Å²) >= 11 is 17.8. The molecule has 1 aromatic carbocycles. The average molecular weight is 383 g/mol. The SMILES string of the molecule is S=C(Nc1cnn(Cc2c(Cl)cccc2Cl)c1)NC1CCCCC1. The molecule has 0 amide bonds. The van der Waals surface area contributed by atoms with Crippen molar-refractivity contribution in [2.45, 2.75) is 44.7 Å². The van der Waals surface area contributed by atoms with Crippen LogP contribution in [0.5, 0.6) is 0 Å². The maximum absolute atomic E-state index is 6.21. The lowest BCUT2D eigenvalue weighted by Gasteiger charge is -2.24. The van der Waals surface area contributed by atoms with Crippen molar-refractivity contribution < 1.29 is 0 Å². The summed E-state index contributed by atoms with van der Waals surface area (Å²) in [5, 5.41) is 12.9. The van der Waals surface area contributed by atoms with E-state index in [1.54, 1.807) is 10.9 Å². The number of benzene rings is 1. The highest BCUT2D eigenvalue weighted by Gasteiger charge is 2.14. The number of hydrogen-bond acceptors (Lipinski definition) is 2. The first-order chi connectivity index (χ1) is 11.6. The van der Waals surface area contributed by atoms with E-state index < -0.39 is 0 Å². The summed E-state index contributed by atoms with van der Waals surface area (Å²) in [7, 11) is 0. The van der Waals surface area contributed by atoms with Gasteiger partial charge in [0.15, 0.2) is 5.11 Å².